The number of carbonyl (C=O) groups is 2. The van der Waals surface area contributed by atoms with E-state index in [1.54, 1.807) is 10.9 Å². The van der Waals surface area contributed by atoms with Crippen molar-refractivity contribution in [2.24, 2.45) is 7.05 Å². The lowest BCUT2D eigenvalue weighted by molar-refractivity contribution is -0.140. The average Bonchev–Trinajstić information content (AvgIpc) is 3.06. The second kappa shape index (κ2) is 6.00. The summed E-state index contributed by atoms with van der Waals surface area (Å²) in [6.45, 7) is 5.28. The molecule has 1 amide bonds. The van der Waals surface area contributed by atoms with Gasteiger partial charge in [-0.2, -0.15) is 10.2 Å². The summed E-state index contributed by atoms with van der Waals surface area (Å²) >= 11 is 0. The van der Waals surface area contributed by atoms with Gasteiger partial charge in [0.2, 0.25) is 0 Å². The van der Waals surface area contributed by atoms with Gasteiger partial charge in [0.25, 0.3) is 5.91 Å². The van der Waals surface area contributed by atoms with Crippen LogP contribution in [0.15, 0.2) is 18.5 Å². The van der Waals surface area contributed by atoms with E-state index < -0.39 is 12.0 Å². The van der Waals surface area contributed by atoms with E-state index in [9.17, 15) is 9.59 Å². The summed E-state index contributed by atoms with van der Waals surface area (Å²) in [6.07, 6.45) is 3.19. The Balaban J connectivity index is 2.09. The van der Waals surface area contributed by atoms with Crippen molar-refractivity contribution >= 4 is 11.9 Å². The van der Waals surface area contributed by atoms with E-state index in [-0.39, 0.29) is 17.6 Å². The maximum atomic E-state index is 12.2. The summed E-state index contributed by atoms with van der Waals surface area (Å²) in [4.78, 5) is 23.1. The summed E-state index contributed by atoms with van der Waals surface area (Å²) in [5.41, 5.74) is 2.08. The van der Waals surface area contributed by atoms with Crippen molar-refractivity contribution in [3.63, 3.8) is 0 Å². The molecule has 0 bridgehead atoms. The van der Waals surface area contributed by atoms with E-state index in [2.05, 4.69) is 15.5 Å². The van der Waals surface area contributed by atoms with Crippen LogP contribution in [0, 0.1) is 6.92 Å². The average molecular weight is 305 g/mol. The van der Waals surface area contributed by atoms with E-state index in [0.717, 1.165) is 11.3 Å². The van der Waals surface area contributed by atoms with E-state index in [1.807, 2.05) is 20.9 Å². The molecule has 2 aromatic heterocycles. The Morgan fingerprint density at radius 3 is 2.59 bits per heavy atom. The first-order valence-corrected chi connectivity index (χ1v) is 6.88. The number of aliphatic carboxylic acids is 1. The number of hydrogen-bond donors (Lipinski definition) is 2. The zero-order chi connectivity index (χ0) is 16.4. The molecule has 0 aliphatic rings. The van der Waals surface area contributed by atoms with Crippen LogP contribution in [0.2, 0.25) is 0 Å². The number of hydrogen-bond acceptors (Lipinski definition) is 4. The van der Waals surface area contributed by atoms with Gasteiger partial charge in [-0.3, -0.25) is 14.2 Å². The maximum absolute atomic E-state index is 12.2. The summed E-state index contributed by atoms with van der Waals surface area (Å²) in [6, 6.07) is 0.459. The molecule has 0 spiro atoms. The first kappa shape index (κ1) is 15.7. The molecule has 0 aliphatic heterocycles. The van der Waals surface area contributed by atoms with Crippen molar-refractivity contribution in [2.45, 2.75) is 32.9 Å². The van der Waals surface area contributed by atoms with Crippen molar-refractivity contribution < 1.29 is 14.7 Å². The molecule has 0 fully saturated rings. The molecule has 2 rings (SSSR count). The van der Waals surface area contributed by atoms with Crippen LogP contribution in [0.3, 0.4) is 0 Å². The summed E-state index contributed by atoms with van der Waals surface area (Å²) in [5.74, 6) is -1.36. The Hall–Kier alpha value is -2.64. The maximum Gasteiger partial charge on any atom is 0.328 e. The van der Waals surface area contributed by atoms with E-state index >= 15 is 0 Å². The number of nitrogens with zero attached hydrogens (tertiary/aromatic N) is 4. The van der Waals surface area contributed by atoms with E-state index in [1.165, 1.54) is 23.9 Å². The Bertz CT molecular complexity index is 703. The number of carbonyl (C=O) groups excluding carboxylic acids is 1. The van der Waals surface area contributed by atoms with Crippen molar-refractivity contribution in [3.05, 3.63) is 35.4 Å². The SMILES string of the molecule is Cc1c(C(C)NC(=O)c2ccn(C(C)C(=O)O)n2)cnn1C. The number of nitrogens with one attached hydrogen (secondary N) is 1. The lowest BCUT2D eigenvalue weighted by Gasteiger charge is -2.12. The first-order valence-electron chi connectivity index (χ1n) is 6.88. The normalized spacial score (nSPS) is 13.6. The van der Waals surface area contributed by atoms with Crippen LogP contribution in [0.1, 0.15) is 47.7 Å². The summed E-state index contributed by atoms with van der Waals surface area (Å²) in [7, 11) is 1.84. The number of aryl methyl sites for hydroxylation is 1. The van der Waals surface area contributed by atoms with Crippen molar-refractivity contribution in [1.29, 1.82) is 0 Å². The minimum absolute atomic E-state index is 0.182. The number of carboxylic acid groups (broad SMARTS) is 1. The molecule has 0 radical (unpaired) electrons. The minimum Gasteiger partial charge on any atom is -0.480 e. The molecule has 2 aromatic rings. The molecule has 0 aliphatic carbocycles. The Morgan fingerprint density at radius 2 is 2.05 bits per heavy atom. The Morgan fingerprint density at radius 1 is 1.36 bits per heavy atom. The van der Waals surface area contributed by atoms with E-state index in [0.29, 0.717) is 0 Å². The topological polar surface area (TPSA) is 102 Å². The fourth-order valence-corrected chi connectivity index (χ4v) is 2.08. The monoisotopic (exact) mass is 305 g/mol. The van der Waals surface area contributed by atoms with Gasteiger partial charge in [0.1, 0.15) is 11.7 Å². The molecular weight excluding hydrogens is 286 g/mol. The van der Waals surface area contributed by atoms with Crippen molar-refractivity contribution in [1.82, 2.24) is 24.9 Å². The highest BCUT2D eigenvalue weighted by atomic mass is 16.4. The highest BCUT2D eigenvalue weighted by Gasteiger charge is 2.19. The van der Waals surface area contributed by atoms with Gasteiger partial charge in [0.15, 0.2) is 0 Å². The zero-order valence-electron chi connectivity index (χ0n) is 12.9. The minimum atomic E-state index is -1.01. The van der Waals surface area contributed by atoms with Gasteiger partial charge in [0, 0.05) is 24.5 Å². The van der Waals surface area contributed by atoms with Crippen LogP contribution in [-0.2, 0) is 11.8 Å². The van der Waals surface area contributed by atoms with Gasteiger partial charge in [0.05, 0.1) is 12.2 Å². The molecule has 2 atom stereocenters. The molecule has 2 heterocycles. The predicted molar refractivity (Wildman–Crippen MR) is 78.4 cm³/mol. The number of rotatable bonds is 5. The Kier molecular flexibility index (Phi) is 4.30. The lowest BCUT2D eigenvalue weighted by atomic mass is 10.1. The number of carboxylic acids is 1. The van der Waals surface area contributed by atoms with Gasteiger partial charge in [-0.1, -0.05) is 0 Å². The molecule has 8 nitrogen and oxygen atoms in total. The molecular formula is C14H19N5O3. The molecule has 8 heteroatoms. The van der Waals surface area contributed by atoms with Crippen LogP contribution < -0.4 is 5.32 Å². The third-order valence-corrected chi connectivity index (χ3v) is 3.68. The third-order valence-electron chi connectivity index (χ3n) is 3.68. The van der Waals surface area contributed by atoms with Crippen LogP contribution in [-0.4, -0.2) is 36.5 Å². The summed E-state index contributed by atoms with van der Waals surface area (Å²) in [5, 5.41) is 19.9. The van der Waals surface area contributed by atoms with Crippen molar-refractivity contribution in [2.75, 3.05) is 0 Å². The zero-order valence-corrected chi connectivity index (χ0v) is 12.9. The highest BCUT2D eigenvalue weighted by Crippen LogP contribution is 2.16. The second-order valence-electron chi connectivity index (χ2n) is 5.20. The Labute approximate surface area is 127 Å². The third kappa shape index (κ3) is 3.00. The molecule has 118 valence electrons. The largest absolute Gasteiger partial charge is 0.480 e. The lowest BCUT2D eigenvalue weighted by Crippen LogP contribution is -2.27. The van der Waals surface area contributed by atoms with Gasteiger partial charge in [-0.15, -0.1) is 0 Å². The smallest absolute Gasteiger partial charge is 0.328 e. The van der Waals surface area contributed by atoms with Crippen LogP contribution in [0.25, 0.3) is 0 Å². The van der Waals surface area contributed by atoms with E-state index in [4.69, 9.17) is 5.11 Å². The standard InChI is InChI=1S/C14H19N5O3/c1-8(11-7-15-18(4)9(11)2)16-13(20)12-5-6-19(17-12)10(3)14(21)22/h5-8,10H,1-4H3,(H,16,20)(H,21,22). The van der Waals surface area contributed by atoms with Gasteiger partial charge in [-0.25, -0.2) is 4.79 Å². The quantitative estimate of drug-likeness (QED) is 0.860. The molecule has 0 saturated carbocycles. The molecule has 2 unspecified atom stereocenters. The first-order chi connectivity index (χ1) is 10.3. The molecule has 0 aromatic carbocycles. The fraction of sp³-hybridized carbons (Fsp3) is 0.429. The van der Waals surface area contributed by atoms with Crippen LogP contribution in [0.5, 0.6) is 0 Å². The molecule has 2 N–H and O–H groups in total. The van der Waals surface area contributed by atoms with Crippen LogP contribution in [0.4, 0.5) is 0 Å². The summed E-state index contributed by atoms with van der Waals surface area (Å²) < 4.78 is 2.98. The molecule has 22 heavy (non-hydrogen) atoms. The van der Waals surface area contributed by atoms with Crippen LogP contribution >= 0.6 is 0 Å². The predicted octanol–water partition coefficient (Wildman–Crippen LogP) is 1.06. The highest BCUT2D eigenvalue weighted by molar-refractivity contribution is 5.92. The molecule has 0 saturated heterocycles. The second-order valence-corrected chi connectivity index (χ2v) is 5.20. The number of amides is 1. The van der Waals surface area contributed by atoms with Gasteiger partial charge in [-0.05, 0) is 26.8 Å². The van der Waals surface area contributed by atoms with Gasteiger partial charge < -0.3 is 10.4 Å². The van der Waals surface area contributed by atoms with Crippen molar-refractivity contribution in [3.8, 4) is 0 Å². The van der Waals surface area contributed by atoms with Gasteiger partial charge >= 0.3 is 5.97 Å². The number of aromatic nitrogens is 4. The fourth-order valence-electron chi connectivity index (χ4n) is 2.08.